The van der Waals surface area contributed by atoms with Crippen molar-refractivity contribution in [3.63, 3.8) is 0 Å². The van der Waals surface area contributed by atoms with Crippen molar-refractivity contribution >= 4 is 11.5 Å². The fraction of sp³-hybridized carbons (Fsp3) is 0.500. The van der Waals surface area contributed by atoms with Crippen LogP contribution in [-0.4, -0.2) is 18.6 Å². The summed E-state index contributed by atoms with van der Waals surface area (Å²) in [7, 11) is 2.06. The van der Waals surface area contributed by atoms with E-state index in [-0.39, 0.29) is 0 Å². The average molecular weight is 179 g/mol. The molecule has 3 nitrogen and oxygen atoms in total. The summed E-state index contributed by atoms with van der Waals surface area (Å²) in [5.74, 6) is 1.23. The molecule has 0 atom stereocenters. The first-order valence-corrected chi connectivity index (χ1v) is 4.52. The van der Waals surface area contributed by atoms with E-state index in [4.69, 9.17) is 5.73 Å². The number of hydrogen-bond acceptors (Lipinski definition) is 3. The highest BCUT2D eigenvalue weighted by Gasteiger charge is 2.03. The molecule has 0 amide bonds. The molecule has 0 radical (unpaired) electrons. The smallest absolute Gasteiger partial charge is 0.125 e. The number of anilines is 2. The van der Waals surface area contributed by atoms with Gasteiger partial charge in [0.2, 0.25) is 0 Å². The Balaban J connectivity index is 2.71. The van der Waals surface area contributed by atoms with Gasteiger partial charge in [-0.15, -0.1) is 0 Å². The van der Waals surface area contributed by atoms with E-state index in [2.05, 4.69) is 30.8 Å². The van der Waals surface area contributed by atoms with E-state index in [9.17, 15) is 0 Å². The molecule has 0 saturated carbocycles. The molecule has 0 unspecified atom stereocenters. The second-order valence-electron chi connectivity index (χ2n) is 3.71. The van der Waals surface area contributed by atoms with Gasteiger partial charge in [-0.1, -0.05) is 13.8 Å². The van der Waals surface area contributed by atoms with Crippen molar-refractivity contribution in [2.24, 2.45) is 5.92 Å². The van der Waals surface area contributed by atoms with Gasteiger partial charge in [-0.25, -0.2) is 4.98 Å². The van der Waals surface area contributed by atoms with Crippen LogP contribution in [-0.2, 0) is 0 Å². The Hall–Kier alpha value is -1.25. The van der Waals surface area contributed by atoms with Crippen LogP contribution >= 0.6 is 0 Å². The predicted octanol–water partition coefficient (Wildman–Crippen LogP) is 1.76. The Morgan fingerprint density at radius 1 is 1.54 bits per heavy atom. The molecule has 0 saturated heterocycles. The summed E-state index contributed by atoms with van der Waals surface area (Å²) in [4.78, 5) is 6.14. The van der Waals surface area contributed by atoms with Gasteiger partial charge in [-0.3, -0.25) is 0 Å². The summed E-state index contributed by atoms with van der Waals surface area (Å²) >= 11 is 0. The lowest BCUT2D eigenvalue weighted by atomic mass is 10.2. The molecule has 1 rings (SSSR count). The van der Waals surface area contributed by atoms with Crippen LogP contribution in [0.25, 0.3) is 0 Å². The van der Waals surface area contributed by atoms with Crippen LogP contribution in [0.15, 0.2) is 18.3 Å². The monoisotopic (exact) mass is 179 g/mol. The fourth-order valence-electron chi connectivity index (χ4n) is 1.33. The third-order valence-electron chi connectivity index (χ3n) is 1.84. The van der Waals surface area contributed by atoms with E-state index < -0.39 is 0 Å². The normalized spacial score (nSPS) is 10.5. The van der Waals surface area contributed by atoms with Crippen molar-refractivity contribution in [3.05, 3.63) is 18.3 Å². The van der Waals surface area contributed by atoms with Crippen molar-refractivity contribution < 1.29 is 0 Å². The summed E-state index contributed by atoms with van der Waals surface area (Å²) in [6.07, 6.45) is 1.74. The Morgan fingerprint density at radius 3 is 2.77 bits per heavy atom. The first-order chi connectivity index (χ1) is 6.09. The summed E-state index contributed by atoms with van der Waals surface area (Å²) in [5.41, 5.74) is 6.72. The molecule has 0 aliphatic heterocycles. The van der Waals surface area contributed by atoms with Crippen LogP contribution in [0.2, 0.25) is 0 Å². The van der Waals surface area contributed by atoms with E-state index in [0.29, 0.717) is 11.7 Å². The molecular weight excluding hydrogens is 162 g/mol. The largest absolute Gasteiger partial charge is 0.384 e. The Labute approximate surface area is 79.6 Å². The lowest BCUT2D eigenvalue weighted by Gasteiger charge is -2.21. The standard InChI is InChI=1S/C10H17N3/c1-8(2)7-13(3)9-4-5-12-10(11)6-9/h4-6,8H,7H2,1-3H3,(H2,11,12). The molecule has 0 aliphatic carbocycles. The number of rotatable bonds is 3. The van der Waals surface area contributed by atoms with Gasteiger partial charge in [-0.05, 0) is 12.0 Å². The van der Waals surface area contributed by atoms with E-state index >= 15 is 0 Å². The highest BCUT2D eigenvalue weighted by atomic mass is 15.1. The van der Waals surface area contributed by atoms with Gasteiger partial charge in [0.25, 0.3) is 0 Å². The van der Waals surface area contributed by atoms with Gasteiger partial charge < -0.3 is 10.6 Å². The SMILES string of the molecule is CC(C)CN(C)c1ccnc(N)c1. The molecule has 0 aliphatic rings. The van der Waals surface area contributed by atoms with Crippen molar-refractivity contribution in [2.45, 2.75) is 13.8 Å². The second kappa shape index (κ2) is 4.12. The van der Waals surface area contributed by atoms with Crippen LogP contribution < -0.4 is 10.6 Å². The molecule has 0 aromatic carbocycles. The van der Waals surface area contributed by atoms with E-state index in [0.717, 1.165) is 12.2 Å². The zero-order valence-corrected chi connectivity index (χ0v) is 8.49. The molecule has 1 aromatic heterocycles. The number of nitrogens with zero attached hydrogens (tertiary/aromatic N) is 2. The van der Waals surface area contributed by atoms with Gasteiger partial charge in [-0.2, -0.15) is 0 Å². The number of aromatic nitrogens is 1. The van der Waals surface area contributed by atoms with Crippen LogP contribution in [0, 0.1) is 5.92 Å². The minimum absolute atomic E-state index is 0.577. The molecule has 1 heterocycles. The van der Waals surface area contributed by atoms with Crippen molar-refractivity contribution in [1.82, 2.24) is 4.98 Å². The lowest BCUT2D eigenvalue weighted by Crippen LogP contribution is -2.22. The first-order valence-electron chi connectivity index (χ1n) is 4.52. The van der Waals surface area contributed by atoms with E-state index in [1.54, 1.807) is 6.20 Å². The van der Waals surface area contributed by atoms with Crippen molar-refractivity contribution in [1.29, 1.82) is 0 Å². The fourth-order valence-corrected chi connectivity index (χ4v) is 1.33. The first kappa shape index (κ1) is 9.84. The lowest BCUT2D eigenvalue weighted by molar-refractivity contribution is 0.638. The molecule has 72 valence electrons. The van der Waals surface area contributed by atoms with Crippen molar-refractivity contribution in [3.8, 4) is 0 Å². The van der Waals surface area contributed by atoms with Gasteiger partial charge in [0.15, 0.2) is 0 Å². The quantitative estimate of drug-likeness (QED) is 0.768. The maximum Gasteiger partial charge on any atom is 0.125 e. The highest BCUT2D eigenvalue weighted by molar-refractivity contribution is 5.51. The number of hydrogen-bond donors (Lipinski definition) is 1. The summed E-state index contributed by atoms with van der Waals surface area (Å²) < 4.78 is 0. The third kappa shape index (κ3) is 2.93. The topological polar surface area (TPSA) is 42.2 Å². The Kier molecular flexibility index (Phi) is 3.12. The van der Waals surface area contributed by atoms with Crippen molar-refractivity contribution in [2.75, 3.05) is 24.2 Å². The molecule has 1 aromatic rings. The van der Waals surface area contributed by atoms with Gasteiger partial charge in [0.1, 0.15) is 5.82 Å². The third-order valence-corrected chi connectivity index (χ3v) is 1.84. The summed E-state index contributed by atoms with van der Waals surface area (Å²) in [6, 6.07) is 3.86. The van der Waals surface area contributed by atoms with Gasteiger partial charge in [0.05, 0.1) is 0 Å². The summed E-state index contributed by atoms with van der Waals surface area (Å²) in [5, 5.41) is 0. The minimum Gasteiger partial charge on any atom is -0.384 e. The summed E-state index contributed by atoms with van der Waals surface area (Å²) in [6.45, 7) is 5.42. The Bertz CT molecular complexity index is 271. The predicted molar refractivity (Wildman–Crippen MR) is 56.8 cm³/mol. The molecule has 0 spiro atoms. The maximum absolute atomic E-state index is 5.59. The molecule has 0 bridgehead atoms. The molecule has 3 heteroatoms. The van der Waals surface area contributed by atoms with Gasteiger partial charge in [0, 0.05) is 31.5 Å². The van der Waals surface area contributed by atoms with Crippen LogP contribution in [0.5, 0.6) is 0 Å². The molecular formula is C10H17N3. The highest BCUT2D eigenvalue weighted by Crippen LogP contribution is 2.14. The number of pyridine rings is 1. The number of nitrogens with two attached hydrogens (primary N) is 1. The maximum atomic E-state index is 5.59. The van der Waals surface area contributed by atoms with Gasteiger partial charge >= 0.3 is 0 Å². The second-order valence-corrected chi connectivity index (χ2v) is 3.71. The molecule has 0 fully saturated rings. The average Bonchev–Trinajstić information content (AvgIpc) is 2.03. The van der Waals surface area contributed by atoms with Crippen LogP contribution in [0.3, 0.4) is 0 Å². The zero-order chi connectivity index (χ0) is 9.84. The molecule has 2 N–H and O–H groups in total. The Morgan fingerprint density at radius 2 is 2.23 bits per heavy atom. The minimum atomic E-state index is 0.577. The van der Waals surface area contributed by atoms with E-state index in [1.165, 1.54) is 0 Å². The zero-order valence-electron chi connectivity index (χ0n) is 8.49. The number of nitrogen functional groups attached to an aromatic ring is 1. The van der Waals surface area contributed by atoms with E-state index in [1.807, 2.05) is 12.1 Å². The van der Waals surface area contributed by atoms with Crippen LogP contribution in [0.4, 0.5) is 11.5 Å². The van der Waals surface area contributed by atoms with Crippen LogP contribution in [0.1, 0.15) is 13.8 Å². The molecule has 13 heavy (non-hydrogen) atoms.